The van der Waals surface area contributed by atoms with E-state index in [0.29, 0.717) is 0 Å². The number of carbonyl (C=O) groups is 2. The number of carbonyl (C=O) groups excluding carboxylic acids is 2. The van der Waals surface area contributed by atoms with Gasteiger partial charge in [0.15, 0.2) is 6.61 Å². The van der Waals surface area contributed by atoms with Crippen LogP contribution in [0.3, 0.4) is 0 Å². The molecule has 1 N–H and O–H groups in total. The van der Waals surface area contributed by atoms with E-state index in [1.165, 1.54) is 0 Å². The second kappa shape index (κ2) is 7.74. The normalized spacial score (nSPS) is 20.7. The van der Waals surface area contributed by atoms with Crippen LogP contribution in [-0.4, -0.2) is 29.0 Å². The molecule has 1 aliphatic rings. The standard InChI is InChI=1S/C20H26N2O3S/c1-20(2,3)22-17(23)12-25-19(24)14-9-5-4-8-13(14)18-21-15-10-6-7-11-16(15)26-18/h6-7,10-11,13-14H,4-5,8-9,12H2,1-3H3,(H,22,23)/t13-,14-/m1/s1. The first-order valence-electron chi connectivity index (χ1n) is 9.16. The highest BCUT2D eigenvalue weighted by Gasteiger charge is 2.35. The minimum atomic E-state index is -0.335. The van der Waals surface area contributed by atoms with E-state index in [4.69, 9.17) is 9.72 Å². The number of benzene rings is 1. The molecule has 3 rings (SSSR count). The lowest BCUT2D eigenvalue weighted by atomic mass is 9.79. The Labute approximate surface area is 158 Å². The molecule has 0 saturated heterocycles. The SMILES string of the molecule is CC(C)(C)NC(=O)COC(=O)[C@@H]1CCCC[C@H]1c1nc2ccccc2s1. The van der Waals surface area contributed by atoms with Crippen LogP contribution in [0.4, 0.5) is 0 Å². The van der Waals surface area contributed by atoms with Crippen LogP contribution in [-0.2, 0) is 14.3 Å². The van der Waals surface area contributed by atoms with Gasteiger partial charge >= 0.3 is 5.97 Å². The molecule has 5 nitrogen and oxygen atoms in total. The first-order chi connectivity index (χ1) is 12.3. The first-order valence-corrected chi connectivity index (χ1v) is 9.98. The number of aromatic nitrogens is 1. The molecule has 1 amide bonds. The van der Waals surface area contributed by atoms with E-state index < -0.39 is 0 Å². The number of rotatable bonds is 4. The van der Waals surface area contributed by atoms with Gasteiger partial charge in [-0.3, -0.25) is 9.59 Å². The van der Waals surface area contributed by atoms with Gasteiger partial charge in [-0.25, -0.2) is 4.98 Å². The number of para-hydroxylation sites is 1. The lowest BCUT2D eigenvalue weighted by Gasteiger charge is -2.28. The van der Waals surface area contributed by atoms with Gasteiger partial charge in [0.05, 0.1) is 21.1 Å². The van der Waals surface area contributed by atoms with Crippen molar-refractivity contribution in [3.8, 4) is 0 Å². The zero-order valence-electron chi connectivity index (χ0n) is 15.6. The number of nitrogens with zero attached hydrogens (tertiary/aromatic N) is 1. The van der Waals surface area contributed by atoms with E-state index >= 15 is 0 Å². The number of nitrogens with one attached hydrogen (secondary N) is 1. The minimum Gasteiger partial charge on any atom is -0.455 e. The zero-order valence-corrected chi connectivity index (χ0v) is 16.4. The predicted molar refractivity (Wildman–Crippen MR) is 103 cm³/mol. The van der Waals surface area contributed by atoms with E-state index in [0.717, 1.165) is 40.9 Å². The van der Waals surface area contributed by atoms with Crippen LogP contribution in [0.2, 0.25) is 0 Å². The Balaban J connectivity index is 1.68. The summed E-state index contributed by atoms with van der Waals surface area (Å²) in [4.78, 5) is 29.3. The maximum atomic E-state index is 12.6. The quantitative estimate of drug-likeness (QED) is 0.821. The lowest BCUT2D eigenvalue weighted by molar-refractivity contribution is -0.154. The molecule has 0 aliphatic heterocycles. The predicted octanol–water partition coefficient (Wildman–Crippen LogP) is 4.03. The topological polar surface area (TPSA) is 68.3 Å². The molecule has 1 aromatic carbocycles. The average molecular weight is 375 g/mol. The molecule has 6 heteroatoms. The molecule has 1 aromatic heterocycles. The summed E-state index contributed by atoms with van der Waals surface area (Å²) in [5.41, 5.74) is 0.646. The summed E-state index contributed by atoms with van der Waals surface area (Å²) in [6.45, 7) is 5.48. The van der Waals surface area contributed by atoms with Gasteiger partial charge in [-0.05, 0) is 45.7 Å². The number of hydrogen-bond acceptors (Lipinski definition) is 5. The van der Waals surface area contributed by atoms with Gasteiger partial charge in [0.25, 0.3) is 5.91 Å². The van der Waals surface area contributed by atoms with Gasteiger partial charge in [-0.2, -0.15) is 0 Å². The van der Waals surface area contributed by atoms with Crippen molar-refractivity contribution in [1.82, 2.24) is 10.3 Å². The van der Waals surface area contributed by atoms with E-state index in [1.54, 1.807) is 11.3 Å². The van der Waals surface area contributed by atoms with Crippen LogP contribution >= 0.6 is 11.3 Å². The van der Waals surface area contributed by atoms with Crippen molar-refractivity contribution >= 4 is 33.4 Å². The fraction of sp³-hybridized carbons (Fsp3) is 0.550. The van der Waals surface area contributed by atoms with E-state index in [1.807, 2.05) is 39.0 Å². The third-order valence-corrected chi connectivity index (χ3v) is 5.72. The highest BCUT2D eigenvalue weighted by atomic mass is 32.1. The smallest absolute Gasteiger partial charge is 0.310 e. The van der Waals surface area contributed by atoms with Crippen molar-refractivity contribution < 1.29 is 14.3 Å². The largest absolute Gasteiger partial charge is 0.455 e. The molecule has 0 radical (unpaired) electrons. The number of fused-ring (bicyclic) bond motifs is 1. The van der Waals surface area contributed by atoms with Crippen molar-refractivity contribution in [2.75, 3.05) is 6.61 Å². The van der Waals surface area contributed by atoms with Crippen LogP contribution in [0.5, 0.6) is 0 Å². The van der Waals surface area contributed by atoms with Crippen LogP contribution in [0.25, 0.3) is 10.2 Å². The van der Waals surface area contributed by atoms with Crippen molar-refractivity contribution in [3.63, 3.8) is 0 Å². The molecule has 26 heavy (non-hydrogen) atoms. The third kappa shape index (κ3) is 4.61. The summed E-state index contributed by atoms with van der Waals surface area (Å²) in [5, 5.41) is 3.82. The number of thiazole rings is 1. The number of ether oxygens (including phenoxy) is 1. The fourth-order valence-corrected chi connectivity index (χ4v) is 4.62. The Kier molecular flexibility index (Phi) is 5.61. The zero-order chi connectivity index (χ0) is 18.7. The molecule has 1 heterocycles. The Bertz CT molecular complexity index is 761. The van der Waals surface area contributed by atoms with E-state index in [-0.39, 0.29) is 35.9 Å². The summed E-state index contributed by atoms with van der Waals surface area (Å²) >= 11 is 1.66. The van der Waals surface area contributed by atoms with Crippen LogP contribution in [0.1, 0.15) is 57.4 Å². The van der Waals surface area contributed by atoms with Gasteiger partial charge in [-0.15, -0.1) is 11.3 Å². The van der Waals surface area contributed by atoms with Crippen molar-refractivity contribution in [2.45, 2.75) is 57.9 Å². The van der Waals surface area contributed by atoms with Crippen LogP contribution < -0.4 is 5.32 Å². The second-order valence-electron chi connectivity index (χ2n) is 7.92. The maximum Gasteiger partial charge on any atom is 0.310 e. The molecule has 0 spiro atoms. The fourth-order valence-electron chi connectivity index (χ4n) is 3.46. The van der Waals surface area contributed by atoms with E-state index in [2.05, 4.69) is 11.4 Å². The minimum absolute atomic E-state index is 0.0827. The highest BCUT2D eigenvalue weighted by molar-refractivity contribution is 7.18. The van der Waals surface area contributed by atoms with Gasteiger partial charge in [0.1, 0.15) is 0 Å². The summed E-state index contributed by atoms with van der Waals surface area (Å²) in [5.74, 6) is -0.678. The summed E-state index contributed by atoms with van der Waals surface area (Å²) < 4.78 is 6.48. The molecule has 1 aliphatic carbocycles. The molecule has 0 unspecified atom stereocenters. The Morgan fingerprint density at radius 1 is 1.23 bits per heavy atom. The summed E-state index contributed by atoms with van der Waals surface area (Å²) in [7, 11) is 0. The molecular formula is C20H26N2O3S. The Hall–Kier alpha value is -1.95. The van der Waals surface area contributed by atoms with Gasteiger partial charge in [-0.1, -0.05) is 25.0 Å². The van der Waals surface area contributed by atoms with Crippen molar-refractivity contribution in [3.05, 3.63) is 29.3 Å². The monoisotopic (exact) mass is 374 g/mol. The molecule has 0 bridgehead atoms. The third-order valence-electron chi connectivity index (χ3n) is 4.56. The molecule has 1 saturated carbocycles. The van der Waals surface area contributed by atoms with Gasteiger partial charge < -0.3 is 10.1 Å². The highest BCUT2D eigenvalue weighted by Crippen LogP contribution is 2.41. The number of hydrogen-bond donors (Lipinski definition) is 1. The van der Waals surface area contributed by atoms with Crippen molar-refractivity contribution in [1.29, 1.82) is 0 Å². The Morgan fingerprint density at radius 3 is 2.69 bits per heavy atom. The lowest BCUT2D eigenvalue weighted by Crippen LogP contribution is -2.43. The molecule has 2 atom stereocenters. The molecule has 1 fully saturated rings. The van der Waals surface area contributed by atoms with Crippen LogP contribution in [0.15, 0.2) is 24.3 Å². The summed E-state index contributed by atoms with van der Waals surface area (Å²) in [6.07, 6.45) is 3.83. The van der Waals surface area contributed by atoms with Gasteiger partial charge in [0.2, 0.25) is 0 Å². The molecular weight excluding hydrogens is 348 g/mol. The Morgan fingerprint density at radius 2 is 1.96 bits per heavy atom. The number of esters is 1. The molecule has 140 valence electrons. The summed E-state index contributed by atoms with van der Waals surface area (Å²) in [6, 6.07) is 8.04. The van der Waals surface area contributed by atoms with E-state index in [9.17, 15) is 9.59 Å². The van der Waals surface area contributed by atoms with Crippen LogP contribution in [0, 0.1) is 5.92 Å². The maximum absolute atomic E-state index is 12.6. The average Bonchev–Trinajstić information content (AvgIpc) is 3.02. The second-order valence-corrected chi connectivity index (χ2v) is 8.99. The van der Waals surface area contributed by atoms with Gasteiger partial charge in [0, 0.05) is 11.5 Å². The first kappa shape index (κ1) is 18.8. The number of amides is 1. The molecule has 2 aromatic rings. The van der Waals surface area contributed by atoms with Crippen molar-refractivity contribution in [2.24, 2.45) is 5.92 Å².